The Bertz CT molecular complexity index is 1170. The number of hydrogen-bond donors (Lipinski definition) is 1. The lowest BCUT2D eigenvalue weighted by atomic mass is 10.1. The lowest BCUT2D eigenvalue weighted by molar-refractivity contribution is 0.197. The summed E-state index contributed by atoms with van der Waals surface area (Å²) < 4.78 is 28.5. The molecule has 6 nitrogen and oxygen atoms in total. The smallest absolute Gasteiger partial charge is 0.317 e. The number of anilines is 1. The summed E-state index contributed by atoms with van der Waals surface area (Å²) in [6, 6.07) is 6.56. The zero-order chi connectivity index (χ0) is 22.0. The average Bonchev–Trinajstić information content (AvgIpc) is 2.70. The van der Waals surface area contributed by atoms with Crippen LogP contribution in [0.15, 0.2) is 41.2 Å². The van der Waals surface area contributed by atoms with Gasteiger partial charge in [-0.2, -0.15) is 0 Å². The number of carbonyl (C=O) groups is 1. The van der Waals surface area contributed by atoms with E-state index in [1.807, 2.05) is 13.8 Å². The predicted molar refractivity (Wildman–Crippen MR) is 113 cm³/mol. The second-order valence-corrected chi connectivity index (χ2v) is 7.21. The van der Waals surface area contributed by atoms with Crippen LogP contribution in [0.3, 0.4) is 0 Å². The molecule has 0 aliphatic rings. The van der Waals surface area contributed by atoms with E-state index in [0.29, 0.717) is 40.8 Å². The van der Waals surface area contributed by atoms with E-state index in [0.717, 1.165) is 12.1 Å². The topological polar surface area (TPSA) is 67.2 Å². The Morgan fingerprint density at radius 2 is 1.97 bits per heavy atom. The Kier molecular flexibility index (Phi) is 6.36. The zero-order valence-electron chi connectivity index (χ0n) is 16.7. The van der Waals surface area contributed by atoms with Crippen molar-refractivity contribution in [3.8, 4) is 0 Å². The molecule has 0 bridgehead atoms. The van der Waals surface area contributed by atoms with E-state index in [1.165, 1.54) is 16.5 Å². The number of carbonyl (C=O) groups excluding carboxylic acids is 1. The summed E-state index contributed by atoms with van der Waals surface area (Å²) in [5.74, 6) is -1.22. The van der Waals surface area contributed by atoms with Gasteiger partial charge in [0, 0.05) is 24.7 Å². The third-order valence-corrected chi connectivity index (χ3v) is 5.14. The maximum absolute atomic E-state index is 13.9. The molecule has 0 aliphatic heterocycles. The number of benzene rings is 2. The van der Waals surface area contributed by atoms with E-state index in [2.05, 4.69) is 10.3 Å². The standard InChI is InChI=1S/C21H21ClF2N4O2/c1-4-18(27(3)21(30)26-16-9-7-13(23)11-15(16)24)19-25-17-10-12(22)6-8-14(17)20(29)28(19)5-2/h6-11,18H,4-5H2,1-3H3,(H,26,30). The van der Waals surface area contributed by atoms with Crippen LogP contribution in [0.5, 0.6) is 0 Å². The van der Waals surface area contributed by atoms with Crippen LogP contribution in [0, 0.1) is 11.6 Å². The molecule has 1 aromatic heterocycles. The molecule has 30 heavy (non-hydrogen) atoms. The summed E-state index contributed by atoms with van der Waals surface area (Å²) in [5.41, 5.74) is 0.0595. The van der Waals surface area contributed by atoms with Gasteiger partial charge < -0.3 is 10.2 Å². The number of nitrogens with zero attached hydrogens (tertiary/aromatic N) is 3. The highest BCUT2D eigenvalue weighted by molar-refractivity contribution is 6.31. The van der Waals surface area contributed by atoms with Crippen molar-refractivity contribution in [2.24, 2.45) is 0 Å². The van der Waals surface area contributed by atoms with Crippen molar-refractivity contribution in [1.29, 1.82) is 0 Å². The normalized spacial score (nSPS) is 12.1. The van der Waals surface area contributed by atoms with E-state index in [4.69, 9.17) is 11.6 Å². The fourth-order valence-electron chi connectivity index (χ4n) is 3.34. The first-order valence-corrected chi connectivity index (χ1v) is 9.83. The molecule has 0 spiro atoms. The van der Waals surface area contributed by atoms with Crippen molar-refractivity contribution >= 4 is 34.2 Å². The molecule has 0 saturated carbocycles. The van der Waals surface area contributed by atoms with Crippen LogP contribution >= 0.6 is 11.6 Å². The number of aromatic nitrogens is 2. The minimum Gasteiger partial charge on any atom is -0.317 e. The number of hydrogen-bond acceptors (Lipinski definition) is 3. The van der Waals surface area contributed by atoms with Crippen LogP contribution in [0.2, 0.25) is 5.02 Å². The number of nitrogens with one attached hydrogen (secondary N) is 1. The van der Waals surface area contributed by atoms with E-state index in [1.54, 1.807) is 18.2 Å². The molecule has 0 aliphatic carbocycles. The van der Waals surface area contributed by atoms with Gasteiger partial charge in [0.05, 0.1) is 22.6 Å². The van der Waals surface area contributed by atoms with Gasteiger partial charge in [-0.15, -0.1) is 0 Å². The van der Waals surface area contributed by atoms with Crippen molar-refractivity contribution < 1.29 is 13.6 Å². The minimum absolute atomic E-state index is 0.144. The van der Waals surface area contributed by atoms with Crippen molar-refractivity contribution in [2.45, 2.75) is 32.9 Å². The van der Waals surface area contributed by atoms with Gasteiger partial charge in [-0.05, 0) is 43.7 Å². The Hall–Kier alpha value is -3.00. The minimum atomic E-state index is -0.881. The van der Waals surface area contributed by atoms with Gasteiger partial charge >= 0.3 is 6.03 Å². The van der Waals surface area contributed by atoms with Crippen molar-refractivity contribution in [3.05, 3.63) is 69.2 Å². The summed E-state index contributed by atoms with van der Waals surface area (Å²) in [4.78, 5) is 31.6. The third-order valence-electron chi connectivity index (χ3n) is 4.91. The first kappa shape index (κ1) is 21.7. The number of halogens is 3. The predicted octanol–water partition coefficient (Wildman–Crippen LogP) is 4.96. The highest BCUT2D eigenvalue weighted by Gasteiger charge is 2.26. The van der Waals surface area contributed by atoms with Crippen LogP contribution in [0.4, 0.5) is 19.3 Å². The molecule has 9 heteroatoms. The maximum Gasteiger partial charge on any atom is 0.322 e. The van der Waals surface area contributed by atoms with E-state index in [9.17, 15) is 18.4 Å². The van der Waals surface area contributed by atoms with Gasteiger partial charge in [-0.3, -0.25) is 9.36 Å². The van der Waals surface area contributed by atoms with Crippen molar-refractivity contribution in [1.82, 2.24) is 14.5 Å². The quantitative estimate of drug-likeness (QED) is 0.617. The number of fused-ring (bicyclic) bond motifs is 1. The number of urea groups is 1. The van der Waals surface area contributed by atoms with E-state index in [-0.39, 0.29) is 11.2 Å². The van der Waals surface area contributed by atoms with Crippen LogP contribution in [0.25, 0.3) is 10.9 Å². The first-order chi connectivity index (χ1) is 14.3. The molecule has 2 amide bonds. The molecule has 2 aromatic carbocycles. The van der Waals surface area contributed by atoms with Crippen LogP contribution in [0.1, 0.15) is 32.1 Å². The summed E-state index contributed by atoms with van der Waals surface area (Å²) in [7, 11) is 1.53. The van der Waals surface area contributed by atoms with Crippen LogP contribution in [-0.4, -0.2) is 27.5 Å². The summed E-state index contributed by atoms with van der Waals surface area (Å²) in [6.45, 7) is 4.02. The molecule has 0 radical (unpaired) electrons. The lowest BCUT2D eigenvalue weighted by Crippen LogP contribution is -2.38. The highest BCUT2D eigenvalue weighted by Crippen LogP contribution is 2.25. The highest BCUT2D eigenvalue weighted by atomic mass is 35.5. The third kappa shape index (κ3) is 4.14. The van der Waals surface area contributed by atoms with Crippen molar-refractivity contribution in [2.75, 3.05) is 12.4 Å². The number of rotatable bonds is 5. The van der Waals surface area contributed by atoms with Gasteiger partial charge in [0.15, 0.2) is 0 Å². The van der Waals surface area contributed by atoms with Gasteiger partial charge in [-0.25, -0.2) is 18.6 Å². The van der Waals surface area contributed by atoms with Gasteiger partial charge in [0.1, 0.15) is 17.5 Å². The summed E-state index contributed by atoms with van der Waals surface area (Å²) >= 11 is 6.05. The largest absolute Gasteiger partial charge is 0.322 e. The average molecular weight is 435 g/mol. The van der Waals surface area contributed by atoms with Crippen LogP contribution in [-0.2, 0) is 6.54 Å². The van der Waals surface area contributed by atoms with Gasteiger partial charge in [-0.1, -0.05) is 18.5 Å². The zero-order valence-corrected chi connectivity index (χ0v) is 17.5. The fraction of sp³-hybridized carbons (Fsp3) is 0.286. The van der Waals surface area contributed by atoms with Crippen molar-refractivity contribution in [3.63, 3.8) is 0 Å². The molecule has 1 unspecified atom stereocenters. The Morgan fingerprint density at radius 3 is 2.60 bits per heavy atom. The second kappa shape index (κ2) is 8.79. The Morgan fingerprint density at radius 1 is 1.23 bits per heavy atom. The molecule has 1 N–H and O–H groups in total. The van der Waals surface area contributed by atoms with E-state index < -0.39 is 23.7 Å². The van der Waals surface area contributed by atoms with Gasteiger partial charge in [0.25, 0.3) is 5.56 Å². The van der Waals surface area contributed by atoms with E-state index >= 15 is 0 Å². The molecular weight excluding hydrogens is 414 g/mol. The molecule has 3 rings (SSSR count). The SMILES string of the molecule is CCC(c1nc2cc(Cl)ccc2c(=O)n1CC)N(C)C(=O)Nc1ccc(F)cc1F. The summed E-state index contributed by atoms with van der Waals surface area (Å²) in [5, 5.41) is 3.30. The number of amides is 2. The molecule has 1 heterocycles. The summed E-state index contributed by atoms with van der Waals surface area (Å²) in [6.07, 6.45) is 0.453. The fourth-order valence-corrected chi connectivity index (χ4v) is 3.50. The molecule has 158 valence electrons. The monoisotopic (exact) mass is 434 g/mol. The lowest BCUT2D eigenvalue weighted by Gasteiger charge is -2.29. The molecule has 1 atom stereocenters. The molecule has 0 fully saturated rings. The molecule has 0 saturated heterocycles. The van der Waals surface area contributed by atoms with Gasteiger partial charge in [0.2, 0.25) is 0 Å². The second-order valence-electron chi connectivity index (χ2n) is 6.77. The first-order valence-electron chi connectivity index (χ1n) is 9.45. The molecular formula is C21H21ClF2N4O2. The van der Waals surface area contributed by atoms with Crippen LogP contribution < -0.4 is 10.9 Å². The Labute approximate surface area is 177 Å². The molecule has 3 aromatic rings. The maximum atomic E-state index is 13.9. The Balaban J connectivity index is 2.00.